The molecule has 0 aromatic heterocycles. The average Bonchev–Trinajstić information content (AvgIpc) is 3.43. The molecule has 3 saturated heterocycles. The minimum absolute atomic E-state index is 0.0463. The van der Waals surface area contributed by atoms with Crippen LogP contribution in [0.2, 0.25) is 0 Å². The molecule has 3 fully saturated rings. The van der Waals surface area contributed by atoms with Crippen LogP contribution in [0.15, 0.2) is 30.3 Å². The number of amides is 3. The van der Waals surface area contributed by atoms with Gasteiger partial charge in [-0.1, -0.05) is 50.8 Å². The SMILES string of the molecule is CCCCCNC(=O)C1N(CCCCCCO)C(=O)[C@@H]2[C@@H](C(=O)Nc3ccccc3)[C@@]3(C)CCC12S3. The van der Waals surface area contributed by atoms with Crippen LogP contribution >= 0.6 is 11.8 Å². The van der Waals surface area contributed by atoms with Gasteiger partial charge in [0.2, 0.25) is 17.7 Å². The van der Waals surface area contributed by atoms with E-state index >= 15 is 0 Å². The van der Waals surface area contributed by atoms with Crippen LogP contribution in [0.4, 0.5) is 5.69 Å². The van der Waals surface area contributed by atoms with Gasteiger partial charge in [-0.15, -0.1) is 11.8 Å². The van der Waals surface area contributed by atoms with Crippen molar-refractivity contribution < 1.29 is 19.5 Å². The number of aliphatic hydroxyl groups is 1. The van der Waals surface area contributed by atoms with Crippen LogP contribution in [0.1, 0.15) is 71.6 Å². The van der Waals surface area contributed by atoms with Gasteiger partial charge in [0.25, 0.3) is 0 Å². The van der Waals surface area contributed by atoms with Crippen LogP contribution in [-0.2, 0) is 14.4 Å². The second-order valence-corrected chi connectivity index (χ2v) is 12.6. The minimum atomic E-state index is -0.565. The fourth-order valence-corrected chi connectivity index (χ4v) is 8.90. The third kappa shape index (κ3) is 5.03. The molecule has 1 aromatic carbocycles. The van der Waals surface area contributed by atoms with E-state index < -0.39 is 22.6 Å². The standard InChI is InChI=1S/C28H41N3O4S/c1-3-4-10-17-29-25(34)23-28-16-15-27(2,36-28)21(24(33)30-20-13-8-7-9-14-20)22(28)26(35)31(23)18-11-5-6-12-19-32/h7-9,13-14,21-23,32H,3-6,10-12,15-19H2,1-2H3,(H,29,34)(H,30,33)/t21-,22-,23?,27+,28?/m0/s1. The number of anilines is 1. The Morgan fingerprint density at radius 1 is 1.06 bits per heavy atom. The van der Waals surface area contributed by atoms with Gasteiger partial charge in [0.1, 0.15) is 6.04 Å². The Kier molecular flexibility index (Phi) is 8.66. The maximum absolute atomic E-state index is 14.0. The number of carbonyl (C=O) groups excluding carboxylic acids is 3. The summed E-state index contributed by atoms with van der Waals surface area (Å²) in [5.74, 6) is -1.20. The number of hydrogen-bond donors (Lipinski definition) is 3. The van der Waals surface area contributed by atoms with Crippen molar-refractivity contribution in [2.45, 2.75) is 87.2 Å². The van der Waals surface area contributed by atoms with E-state index in [1.807, 2.05) is 30.3 Å². The number of fused-ring (bicyclic) bond motifs is 1. The van der Waals surface area contributed by atoms with Crippen molar-refractivity contribution in [2.75, 3.05) is 25.0 Å². The number of hydrogen-bond acceptors (Lipinski definition) is 5. The van der Waals surface area contributed by atoms with Crippen molar-refractivity contribution in [1.82, 2.24) is 10.2 Å². The number of aliphatic hydroxyl groups excluding tert-OH is 1. The molecule has 1 spiro atoms. The highest BCUT2D eigenvalue weighted by atomic mass is 32.2. The lowest BCUT2D eigenvalue weighted by Crippen LogP contribution is -2.54. The number of likely N-dealkylation sites (tertiary alicyclic amines) is 1. The fourth-order valence-electron chi connectivity index (χ4n) is 6.54. The van der Waals surface area contributed by atoms with Crippen molar-refractivity contribution in [2.24, 2.45) is 11.8 Å². The van der Waals surface area contributed by atoms with E-state index in [-0.39, 0.29) is 29.1 Å². The van der Waals surface area contributed by atoms with E-state index in [4.69, 9.17) is 5.11 Å². The average molecular weight is 516 g/mol. The van der Waals surface area contributed by atoms with Gasteiger partial charge in [-0.2, -0.15) is 0 Å². The monoisotopic (exact) mass is 515 g/mol. The second-order valence-electron chi connectivity index (χ2n) is 10.8. The van der Waals surface area contributed by atoms with Gasteiger partial charge in [0.05, 0.1) is 16.6 Å². The largest absolute Gasteiger partial charge is 0.396 e. The number of unbranched alkanes of at least 4 members (excludes halogenated alkanes) is 5. The predicted octanol–water partition coefficient (Wildman–Crippen LogP) is 3.97. The Balaban J connectivity index is 1.58. The van der Waals surface area contributed by atoms with E-state index in [1.165, 1.54) is 0 Å². The molecule has 5 atom stereocenters. The van der Waals surface area contributed by atoms with Gasteiger partial charge in [0, 0.05) is 30.1 Å². The van der Waals surface area contributed by atoms with E-state index in [0.29, 0.717) is 13.1 Å². The minimum Gasteiger partial charge on any atom is -0.396 e. The summed E-state index contributed by atoms with van der Waals surface area (Å²) in [7, 11) is 0. The molecule has 0 radical (unpaired) electrons. The molecule has 3 heterocycles. The van der Waals surface area contributed by atoms with E-state index in [9.17, 15) is 14.4 Å². The lowest BCUT2D eigenvalue weighted by atomic mass is 9.66. The zero-order valence-electron chi connectivity index (χ0n) is 21.6. The first-order chi connectivity index (χ1) is 17.4. The highest BCUT2D eigenvalue weighted by Gasteiger charge is 2.76. The first-order valence-corrected chi connectivity index (χ1v) is 14.4. The molecule has 198 valence electrons. The first-order valence-electron chi connectivity index (χ1n) is 13.6. The molecule has 1 aromatic rings. The summed E-state index contributed by atoms with van der Waals surface area (Å²) in [6.45, 7) is 5.53. The molecule has 0 saturated carbocycles. The highest BCUT2D eigenvalue weighted by Crippen LogP contribution is 2.71. The normalized spacial score (nSPS) is 30.5. The molecule has 7 nitrogen and oxygen atoms in total. The molecular formula is C28H41N3O4S. The third-order valence-electron chi connectivity index (χ3n) is 8.24. The van der Waals surface area contributed by atoms with Crippen LogP contribution in [0.25, 0.3) is 0 Å². The van der Waals surface area contributed by atoms with Gasteiger partial charge in [-0.3, -0.25) is 14.4 Å². The number of carbonyl (C=O) groups is 3. The number of benzene rings is 1. The van der Waals surface area contributed by atoms with Gasteiger partial charge in [-0.25, -0.2) is 0 Å². The molecule has 3 aliphatic rings. The Morgan fingerprint density at radius 3 is 2.53 bits per heavy atom. The maximum atomic E-state index is 14.0. The molecule has 0 aliphatic carbocycles. The number of para-hydroxylation sites is 1. The van der Waals surface area contributed by atoms with Crippen LogP contribution in [0, 0.1) is 11.8 Å². The van der Waals surface area contributed by atoms with Crippen LogP contribution in [-0.4, -0.2) is 63.0 Å². The van der Waals surface area contributed by atoms with Gasteiger partial charge in [0.15, 0.2) is 0 Å². The zero-order chi connectivity index (χ0) is 25.8. The Bertz CT molecular complexity index is 944. The molecule has 3 amide bonds. The Morgan fingerprint density at radius 2 is 1.81 bits per heavy atom. The third-order valence-corrected chi connectivity index (χ3v) is 10.2. The maximum Gasteiger partial charge on any atom is 0.244 e. The molecule has 2 unspecified atom stereocenters. The van der Waals surface area contributed by atoms with E-state index in [2.05, 4.69) is 24.5 Å². The molecule has 2 bridgehead atoms. The van der Waals surface area contributed by atoms with Crippen molar-refractivity contribution in [3.8, 4) is 0 Å². The van der Waals surface area contributed by atoms with Gasteiger partial charge >= 0.3 is 0 Å². The summed E-state index contributed by atoms with van der Waals surface area (Å²) in [5.41, 5.74) is 0.726. The highest BCUT2D eigenvalue weighted by molar-refractivity contribution is 8.02. The summed E-state index contributed by atoms with van der Waals surface area (Å²) in [6, 6.07) is 8.84. The van der Waals surface area contributed by atoms with Crippen LogP contribution in [0.3, 0.4) is 0 Å². The fraction of sp³-hybridized carbons (Fsp3) is 0.679. The predicted molar refractivity (Wildman–Crippen MR) is 144 cm³/mol. The van der Waals surface area contributed by atoms with Gasteiger partial charge < -0.3 is 20.6 Å². The topological polar surface area (TPSA) is 98.7 Å². The van der Waals surface area contributed by atoms with E-state index in [0.717, 1.165) is 63.5 Å². The van der Waals surface area contributed by atoms with E-state index in [1.54, 1.807) is 16.7 Å². The number of rotatable bonds is 13. The summed E-state index contributed by atoms with van der Waals surface area (Å²) in [6.07, 6.45) is 7.98. The summed E-state index contributed by atoms with van der Waals surface area (Å²) in [4.78, 5) is 43.1. The number of nitrogens with zero attached hydrogens (tertiary/aromatic N) is 1. The quantitative estimate of drug-likeness (QED) is 0.345. The van der Waals surface area contributed by atoms with Crippen LogP contribution in [0.5, 0.6) is 0 Å². The molecule has 8 heteroatoms. The van der Waals surface area contributed by atoms with Crippen molar-refractivity contribution in [3.63, 3.8) is 0 Å². The summed E-state index contributed by atoms with van der Waals surface area (Å²) >= 11 is 1.72. The molecular weight excluding hydrogens is 474 g/mol. The zero-order valence-corrected chi connectivity index (χ0v) is 22.4. The van der Waals surface area contributed by atoms with Gasteiger partial charge in [-0.05, 0) is 51.2 Å². The molecule has 3 N–H and O–H groups in total. The lowest BCUT2D eigenvalue weighted by molar-refractivity contribution is -0.139. The van der Waals surface area contributed by atoms with Crippen molar-refractivity contribution in [3.05, 3.63) is 30.3 Å². The molecule has 36 heavy (non-hydrogen) atoms. The summed E-state index contributed by atoms with van der Waals surface area (Å²) in [5, 5.41) is 15.3. The number of thioether (sulfide) groups is 1. The second kappa shape index (κ2) is 11.5. The summed E-state index contributed by atoms with van der Waals surface area (Å²) < 4.78 is -0.933. The Labute approximate surface area is 219 Å². The molecule has 4 rings (SSSR count). The van der Waals surface area contributed by atoms with Crippen molar-refractivity contribution in [1.29, 1.82) is 0 Å². The molecule has 3 aliphatic heterocycles. The lowest BCUT2D eigenvalue weighted by Gasteiger charge is -2.34. The Hall–Kier alpha value is -2.06. The van der Waals surface area contributed by atoms with Crippen LogP contribution < -0.4 is 10.6 Å². The first kappa shape index (κ1) is 27.0. The van der Waals surface area contributed by atoms with Crippen molar-refractivity contribution >= 4 is 35.2 Å². The number of nitrogens with one attached hydrogen (secondary N) is 2. The smallest absolute Gasteiger partial charge is 0.244 e.